The Morgan fingerprint density at radius 1 is 1.38 bits per heavy atom. The number of fused-ring (bicyclic) bond motifs is 1. The fraction of sp³-hybridized carbons (Fsp3) is 0.385. The lowest BCUT2D eigenvalue weighted by Crippen LogP contribution is -2.21. The highest BCUT2D eigenvalue weighted by Gasteiger charge is 2.14. The molecule has 2 rings (SSSR count). The summed E-state index contributed by atoms with van der Waals surface area (Å²) in [5, 5.41) is 4.21. The molecule has 1 amide bonds. The van der Waals surface area contributed by atoms with Crippen LogP contribution in [0.4, 0.5) is 0 Å². The maximum atomic E-state index is 11.1. The van der Waals surface area contributed by atoms with Crippen LogP contribution in [0.15, 0.2) is 29.4 Å². The van der Waals surface area contributed by atoms with Gasteiger partial charge in [-0.15, -0.1) is 0 Å². The number of aryl methyl sites for hydroxylation is 1. The summed E-state index contributed by atoms with van der Waals surface area (Å²) in [5.41, 5.74) is 6.11. The molecule has 0 fully saturated rings. The Balaban J connectivity index is 2.21. The molecule has 1 aliphatic carbocycles. The molecule has 1 aromatic rings. The largest absolute Gasteiger partial charge is 0.273 e. The molecule has 0 aromatic heterocycles. The Morgan fingerprint density at radius 2 is 2.19 bits per heavy atom. The van der Waals surface area contributed by atoms with E-state index in [1.54, 1.807) is 0 Å². The molecule has 0 atom stereocenters. The Hall–Kier alpha value is -1.64. The molecule has 1 aliphatic rings. The van der Waals surface area contributed by atoms with Crippen molar-refractivity contribution >= 4 is 11.6 Å². The smallest absolute Gasteiger partial charge is 0.239 e. The van der Waals surface area contributed by atoms with Gasteiger partial charge in [0.05, 0.1) is 5.71 Å². The topological polar surface area (TPSA) is 41.5 Å². The summed E-state index contributed by atoms with van der Waals surface area (Å²) in [6, 6.07) is 8.27. The number of hydrazone groups is 1. The number of carbonyl (C=O) groups is 1. The number of nitrogens with zero attached hydrogens (tertiary/aromatic N) is 1. The lowest BCUT2D eigenvalue weighted by molar-refractivity contribution is -0.120. The van der Waals surface area contributed by atoms with E-state index >= 15 is 0 Å². The van der Waals surface area contributed by atoms with Crippen molar-refractivity contribution in [3.05, 3.63) is 35.4 Å². The highest BCUT2D eigenvalue weighted by molar-refractivity contribution is 6.03. The van der Waals surface area contributed by atoms with Crippen molar-refractivity contribution in [3.63, 3.8) is 0 Å². The zero-order valence-corrected chi connectivity index (χ0v) is 9.49. The number of hydrogen-bond acceptors (Lipinski definition) is 2. The maximum absolute atomic E-state index is 11.1. The van der Waals surface area contributed by atoms with Crippen LogP contribution in [-0.4, -0.2) is 11.6 Å². The monoisotopic (exact) mass is 216 g/mol. The van der Waals surface area contributed by atoms with Crippen molar-refractivity contribution < 1.29 is 4.79 Å². The van der Waals surface area contributed by atoms with Crippen LogP contribution in [-0.2, 0) is 11.2 Å². The predicted octanol–water partition coefficient (Wildman–Crippen LogP) is 2.25. The van der Waals surface area contributed by atoms with Gasteiger partial charge in [0, 0.05) is 12.0 Å². The third-order valence-corrected chi connectivity index (χ3v) is 2.82. The number of benzene rings is 1. The molecule has 0 radical (unpaired) electrons. The fourth-order valence-corrected chi connectivity index (χ4v) is 1.93. The van der Waals surface area contributed by atoms with Crippen molar-refractivity contribution in [3.8, 4) is 0 Å². The number of amides is 1. The predicted molar refractivity (Wildman–Crippen MR) is 64.4 cm³/mol. The van der Waals surface area contributed by atoms with E-state index in [0.717, 1.165) is 25.0 Å². The first-order chi connectivity index (χ1) is 7.81. The minimum Gasteiger partial charge on any atom is -0.273 e. The SMILES string of the molecule is CCC(=O)N/N=C1/CCCc2ccccc21. The second-order valence-corrected chi connectivity index (χ2v) is 3.96. The van der Waals surface area contributed by atoms with E-state index < -0.39 is 0 Å². The summed E-state index contributed by atoms with van der Waals surface area (Å²) in [4.78, 5) is 11.1. The second-order valence-electron chi connectivity index (χ2n) is 3.96. The summed E-state index contributed by atoms with van der Waals surface area (Å²) >= 11 is 0. The molecule has 0 unspecified atom stereocenters. The van der Waals surface area contributed by atoms with Crippen LogP contribution in [0.5, 0.6) is 0 Å². The van der Waals surface area contributed by atoms with E-state index in [0.29, 0.717) is 6.42 Å². The molecule has 16 heavy (non-hydrogen) atoms. The zero-order valence-electron chi connectivity index (χ0n) is 9.49. The fourth-order valence-electron chi connectivity index (χ4n) is 1.93. The molecule has 0 bridgehead atoms. The molecule has 0 aliphatic heterocycles. The number of carbonyl (C=O) groups excluding carboxylic acids is 1. The number of hydrogen-bond donors (Lipinski definition) is 1. The van der Waals surface area contributed by atoms with Crippen LogP contribution < -0.4 is 5.43 Å². The minimum atomic E-state index is -0.0319. The number of rotatable bonds is 2. The summed E-state index contributed by atoms with van der Waals surface area (Å²) < 4.78 is 0. The normalized spacial score (nSPS) is 16.9. The molecular formula is C13H16N2O. The van der Waals surface area contributed by atoms with Gasteiger partial charge in [-0.1, -0.05) is 31.2 Å². The van der Waals surface area contributed by atoms with Crippen LogP contribution in [0.1, 0.15) is 37.3 Å². The van der Waals surface area contributed by atoms with E-state index in [9.17, 15) is 4.79 Å². The molecule has 1 aromatic carbocycles. The van der Waals surface area contributed by atoms with Crippen molar-refractivity contribution in [1.29, 1.82) is 0 Å². The highest BCUT2D eigenvalue weighted by Crippen LogP contribution is 2.20. The highest BCUT2D eigenvalue weighted by atomic mass is 16.2. The average molecular weight is 216 g/mol. The molecule has 84 valence electrons. The van der Waals surface area contributed by atoms with Crippen molar-refractivity contribution in [2.24, 2.45) is 5.10 Å². The molecule has 0 spiro atoms. The summed E-state index contributed by atoms with van der Waals surface area (Å²) in [6.07, 6.45) is 3.63. The Bertz CT molecular complexity index is 424. The number of nitrogens with one attached hydrogen (secondary N) is 1. The van der Waals surface area contributed by atoms with E-state index in [1.165, 1.54) is 11.1 Å². The molecule has 3 heteroatoms. The lowest BCUT2D eigenvalue weighted by atomic mass is 9.90. The minimum absolute atomic E-state index is 0.0319. The van der Waals surface area contributed by atoms with E-state index in [4.69, 9.17) is 0 Å². The molecule has 0 saturated heterocycles. The quantitative estimate of drug-likeness (QED) is 0.757. The second kappa shape index (κ2) is 4.92. The van der Waals surface area contributed by atoms with Crippen LogP contribution in [0.2, 0.25) is 0 Å². The van der Waals surface area contributed by atoms with Gasteiger partial charge < -0.3 is 0 Å². The first kappa shape index (κ1) is 10.9. The van der Waals surface area contributed by atoms with Gasteiger partial charge in [0.1, 0.15) is 0 Å². The standard InChI is InChI=1S/C13H16N2O/c1-2-13(16)15-14-12-9-5-7-10-6-3-4-8-11(10)12/h3-4,6,8H,2,5,7,9H2,1H3,(H,15,16)/b14-12-. The van der Waals surface area contributed by atoms with Gasteiger partial charge in [-0.2, -0.15) is 5.10 Å². The molecule has 0 heterocycles. The Morgan fingerprint density at radius 3 is 3.00 bits per heavy atom. The van der Waals surface area contributed by atoms with Gasteiger partial charge in [-0.05, 0) is 24.8 Å². The van der Waals surface area contributed by atoms with Crippen molar-refractivity contribution in [1.82, 2.24) is 5.43 Å². The molecule has 1 N–H and O–H groups in total. The lowest BCUT2D eigenvalue weighted by Gasteiger charge is -2.17. The zero-order chi connectivity index (χ0) is 11.4. The summed E-state index contributed by atoms with van der Waals surface area (Å²) in [7, 11) is 0. The van der Waals surface area contributed by atoms with Gasteiger partial charge in [0.15, 0.2) is 0 Å². The molecule has 3 nitrogen and oxygen atoms in total. The molecular weight excluding hydrogens is 200 g/mol. The van der Waals surface area contributed by atoms with E-state index in [1.807, 2.05) is 19.1 Å². The van der Waals surface area contributed by atoms with Crippen LogP contribution in [0, 0.1) is 0 Å². The van der Waals surface area contributed by atoms with Crippen LogP contribution in [0.3, 0.4) is 0 Å². The van der Waals surface area contributed by atoms with Crippen LogP contribution >= 0.6 is 0 Å². The summed E-state index contributed by atoms with van der Waals surface area (Å²) in [6.45, 7) is 1.82. The Kier molecular flexibility index (Phi) is 3.34. The third-order valence-electron chi connectivity index (χ3n) is 2.82. The van der Waals surface area contributed by atoms with E-state index in [2.05, 4.69) is 22.7 Å². The average Bonchev–Trinajstić information content (AvgIpc) is 2.35. The first-order valence-corrected chi connectivity index (χ1v) is 5.75. The first-order valence-electron chi connectivity index (χ1n) is 5.75. The third kappa shape index (κ3) is 2.30. The van der Waals surface area contributed by atoms with Gasteiger partial charge in [0.25, 0.3) is 0 Å². The van der Waals surface area contributed by atoms with Crippen molar-refractivity contribution in [2.75, 3.05) is 0 Å². The maximum Gasteiger partial charge on any atom is 0.239 e. The summed E-state index contributed by atoms with van der Waals surface area (Å²) in [5.74, 6) is -0.0319. The molecule has 0 saturated carbocycles. The van der Waals surface area contributed by atoms with Crippen LogP contribution in [0.25, 0.3) is 0 Å². The van der Waals surface area contributed by atoms with Gasteiger partial charge in [0.2, 0.25) is 5.91 Å². The van der Waals surface area contributed by atoms with Gasteiger partial charge in [-0.25, -0.2) is 5.43 Å². The van der Waals surface area contributed by atoms with Gasteiger partial charge >= 0.3 is 0 Å². The van der Waals surface area contributed by atoms with Crippen molar-refractivity contribution in [2.45, 2.75) is 32.6 Å². The van der Waals surface area contributed by atoms with Gasteiger partial charge in [-0.3, -0.25) is 4.79 Å². The van der Waals surface area contributed by atoms with E-state index in [-0.39, 0.29) is 5.91 Å². The Labute approximate surface area is 95.6 Å².